The van der Waals surface area contributed by atoms with Gasteiger partial charge < -0.3 is 9.90 Å². The highest BCUT2D eigenvalue weighted by molar-refractivity contribution is 8.26. The Morgan fingerprint density at radius 1 is 1.45 bits per heavy atom. The molecule has 0 aromatic carbocycles. The lowest BCUT2D eigenvalue weighted by molar-refractivity contribution is -0.305. The van der Waals surface area contributed by atoms with Crippen LogP contribution >= 0.6 is 35.3 Å². The van der Waals surface area contributed by atoms with Gasteiger partial charge in [0.2, 0.25) is 0 Å². The van der Waals surface area contributed by atoms with Gasteiger partial charge >= 0.3 is 0 Å². The summed E-state index contributed by atoms with van der Waals surface area (Å²) in [5.41, 5.74) is 0.775. The highest BCUT2D eigenvalue weighted by Gasteiger charge is 2.31. The van der Waals surface area contributed by atoms with E-state index in [0.717, 1.165) is 23.5 Å². The number of aromatic nitrogens is 1. The van der Waals surface area contributed by atoms with Crippen molar-refractivity contribution < 1.29 is 14.7 Å². The lowest BCUT2D eigenvalue weighted by Gasteiger charge is -2.14. The Hall–Kier alpha value is -1.25. The second-order valence-corrected chi connectivity index (χ2v) is 7.55. The molecule has 0 saturated carbocycles. The Morgan fingerprint density at radius 2 is 2.23 bits per heavy atom. The molecule has 1 aromatic heterocycles. The van der Waals surface area contributed by atoms with E-state index in [0.29, 0.717) is 22.2 Å². The first-order valence-corrected chi connectivity index (χ1v) is 8.95. The summed E-state index contributed by atoms with van der Waals surface area (Å²) in [6, 6.07) is 0. The summed E-state index contributed by atoms with van der Waals surface area (Å²) in [5.74, 6) is -1.13. The number of rotatable bonds is 7. The van der Waals surface area contributed by atoms with Crippen LogP contribution in [0.3, 0.4) is 0 Å². The van der Waals surface area contributed by atoms with Crippen molar-refractivity contribution in [3.8, 4) is 0 Å². The number of aliphatic carboxylic acids is 1. The van der Waals surface area contributed by atoms with Gasteiger partial charge in [0.15, 0.2) is 0 Å². The fourth-order valence-electron chi connectivity index (χ4n) is 1.99. The van der Waals surface area contributed by atoms with Gasteiger partial charge in [0.25, 0.3) is 5.91 Å². The van der Waals surface area contributed by atoms with Gasteiger partial charge in [-0.25, -0.2) is 4.98 Å². The van der Waals surface area contributed by atoms with E-state index in [1.165, 1.54) is 23.1 Å². The van der Waals surface area contributed by atoms with Crippen LogP contribution in [0.15, 0.2) is 10.3 Å². The topological polar surface area (TPSA) is 73.3 Å². The lowest BCUT2D eigenvalue weighted by atomic mass is 10.2. The summed E-state index contributed by atoms with van der Waals surface area (Å²) in [6.07, 6.45) is 3.84. The molecule has 118 valence electrons. The molecule has 2 rings (SSSR count). The maximum Gasteiger partial charge on any atom is 0.266 e. The molecular weight excluding hydrogens is 340 g/mol. The van der Waals surface area contributed by atoms with Crippen LogP contribution in [0.5, 0.6) is 0 Å². The van der Waals surface area contributed by atoms with E-state index >= 15 is 0 Å². The van der Waals surface area contributed by atoms with Gasteiger partial charge in [-0.3, -0.25) is 9.69 Å². The van der Waals surface area contributed by atoms with Gasteiger partial charge in [-0.15, -0.1) is 11.3 Å². The van der Waals surface area contributed by atoms with Gasteiger partial charge in [-0.05, 0) is 32.3 Å². The molecule has 0 unspecified atom stereocenters. The lowest BCUT2D eigenvalue weighted by Crippen LogP contribution is -2.29. The maximum absolute atomic E-state index is 12.3. The number of thioether (sulfide) groups is 1. The normalized spacial score (nSPS) is 16.8. The van der Waals surface area contributed by atoms with E-state index < -0.39 is 5.97 Å². The fraction of sp³-hybridized carbons (Fsp3) is 0.429. The molecule has 5 nitrogen and oxygen atoms in total. The summed E-state index contributed by atoms with van der Waals surface area (Å²) in [5, 5.41) is 13.2. The van der Waals surface area contributed by atoms with Crippen LogP contribution in [0.4, 0.5) is 0 Å². The number of carboxylic acids is 1. The van der Waals surface area contributed by atoms with Crippen LogP contribution in [-0.2, 0) is 9.59 Å². The Bertz CT molecular complexity index is 625. The van der Waals surface area contributed by atoms with E-state index in [2.05, 4.69) is 4.98 Å². The zero-order chi connectivity index (χ0) is 16.1. The standard InChI is InChI=1S/C14H16N2O3S3/c1-9-15-10(8-21-9)7-11-13(19)16(14(20)22-11)6-4-2-3-5-12(17)18/h7-8H,2-6H2,1H3,(H,17,18)/p-1/b11-7-. The number of thiocarbonyl (C=S) groups is 1. The second kappa shape index (κ2) is 7.85. The number of carbonyl (C=O) groups excluding carboxylic acids is 2. The van der Waals surface area contributed by atoms with Crippen LogP contribution in [0.25, 0.3) is 6.08 Å². The predicted octanol–water partition coefficient (Wildman–Crippen LogP) is 1.96. The molecule has 2 heterocycles. The number of hydrogen-bond donors (Lipinski definition) is 0. The minimum atomic E-state index is -1.04. The number of carbonyl (C=O) groups is 2. The molecule has 8 heteroatoms. The molecule has 0 atom stereocenters. The van der Waals surface area contributed by atoms with Crippen molar-refractivity contribution in [1.82, 2.24) is 9.88 Å². The van der Waals surface area contributed by atoms with Crippen molar-refractivity contribution in [2.75, 3.05) is 6.54 Å². The van der Waals surface area contributed by atoms with Crippen molar-refractivity contribution in [1.29, 1.82) is 0 Å². The van der Waals surface area contributed by atoms with Gasteiger partial charge in [0, 0.05) is 17.9 Å². The van der Waals surface area contributed by atoms with E-state index in [-0.39, 0.29) is 12.3 Å². The number of amides is 1. The van der Waals surface area contributed by atoms with Crippen LogP contribution in [0.2, 0.25) is 0 Å². The number of carboxylic acid groups (broad SMARTS) is 1. The maximum atomic E-state index is 12.3. The van der Waals surface area contributed by atoms with E-state index in [4.69, 9.17) is 12.2 Å². The van der Waals surface area contributed by atoms with Gasteiger partial charge in [0.1, 0.15) is 4.32 Å². The summed E-state index contributed by atoms with van der Waals surface area (Å²) in [6.45, 7) is 2.44. The van der Waals surface area contributed by atoms with E-state index in [1.807, 2.05) is 12.3 Å². The molecule has 0 bridgehead atoms. The first-order chi connectivity index (χ1) is 10.5. The zero-order valence-corrected chi connectivity index (χ0v) is 14.5. The minimum absolute atomic E-state index is 0.0570. The van der Waals surface area contributed by atoms with Crippen LogP contribution < -0.4 is 5.11 Å². The molecule has 1 aliphatic heterocycles. The predicted molar refractivity (Wildman–Crippen MR) is 90.2 cm³/mol. The second-order valence-electron chi connectivity index (χ2n) is 4.81. The molecule has 1 aliphatic rings. The quantitative estimate of drug-likeness (QED) is 0.423. The fourth-order valence-corrected chi connectivity index (χ4v) is 3.85. The molecule has 1 aromatic rings. The number of nitrogens with zero attached hydrogens (tertiary/aromatic N) is 2. The molecule has 0 radical (unpaired) electrons. The third kappa shape index (κ3) is 4.62. The van der Waals surface area contributed by atoms with Crippen molar-refractivity contribution >= 4 is 57.6 Å². The Balaban J connectivity index is 1.89. The average molecular weight is 355 g/mol. The van der Waals surface area contributed by atoms with E-state index in [9.17, 15) is 14.7 Å². The first-order valence-electron chi connectivity index (χ1n) is 6.84. The van der Waals surface area contributed by atoms with Gasteiger partial charge in [-0.2, -0.15) is 0 Å². The van der Waals surface area contributed by atoms with Crippen LogP contribution in [0.1, 0.15) is 36.4 Å². The molecule has 0 aliphatic carbocycles. The van der Waals surface area contributed by atoms with Crippen LogP contribution in [-0.4, -0.2) is 32.6 Å². The van der Waals surface area contributed by atoms with Crippen molar-refractivity contribution in [3.05, 3.63) is 21.0 Å². The monoisotopic (exact) mass is 355 g/mol. The van der Waals surface area contributed by atoms with E-state index in [1.54, 1.807) is 11.0 Å². The molecule has 1 saturated heterocycles. The van der Waals surface area contributed by atoms with Gasteiger partial charge in [0.05, 0.1) is 15.6 Å². The van der Waals surface area contributed by atoms with Crippen molar-refractivity contribution in [3.63, 3.8) is 0 Å². The zero-order valence-electron chi connectivity index (χ0n) is 12.0. The highest BCUT2D eigenvalue weighted by Crippen LogP contribution is 2.32. The Labute approximate surface area is 142 Å². The summed E-state index contributed by atoms with van der Waals surface area (Å²) in [7, 11) is 0. The summed E-state index contributed by atoms with van der Waals surface area (Å²) >= 11 is 8.06. The van der Waals surface area contributed by atoms with Crippen molar-refractivity contribution in [2.45, 2.75) is 32.6 Å². The third-order valence-corrected chi connectivity index (χ3v) is 5.22. The van der Waals surface area contributed by atoms with Crippen LogP contribution in [0, 0.1) is 6.92 Å². The molecular formula is C14H15N2O3S3-. The largest absolute Gasteiger partial charge is 0.550 e. The number of aryl methyl sites for hydroxylation is 1. The first kappa shape index (κ1) is 17.1. The minimum Gasteiger partial charge on any atom is -0.550 e. The highest BCUT2D eigenvalue weighted by atomic mass is 32.2. The summed E-state index contributed by atoms with van der Waals surface area (Å²) < 4.78 is 0.545. The SMILES string of the molecule is Cc1nc(/C=C2\SC(=S)N(CCCCCC(=O)[O-])C2=O)cs1. The number of unbranched alkanes of at least 4 members (excludes halogenated alkanes) is 2. The molecule has 1 amide bonds. The van der Waals surface area contributed by atoms with Gasteiger partial charge in [-0.1, -0.05) is 30.4 Å². The average Bonchev–Trinajstić information content (AvgIpc) is 2.96. The molecule has 0 spiro atoms. The molecule has 1 fully saturated rings. The smallest absolute Gasteiger partial charge is 0.266 e. The third-order valence-electron chi connectivity index (χ3n) is 3.05. The number of thiazole rings is 1. The Kier molecular flexibility index (Phi) is 6.10. The summed E-state index contributed by atoms with van der Waals surface area (Å²) in [4.78, 5) is 29.1. The number of hydrogen-bond acceptors (Lipinski definition) is 7. The Morgan fingerprint density at radius 3 is 2.86 bits per heavy atom. The van der Waals surface area contributed by atoms with Crippen molar-refractivity contribution in [2.24, 2.45) is 0 Å². The molecule has 22 heavy (non-hydrogen) atoms. The molecule has 0 N–H and O–H groups in total.